The largest absolute Gasteiger partial charge is 0.478 e. The zero-order chi connectivity index (χ0) is 14.8. The molecule has 0 bridgehead atoms. The molecule has 1 amide bonds. The molecule has 5 nitrogen and oxygen atoms in total. The van der Waals surface area contributed by atoms with Gasteiger partial charge in [-0.05, 0) is 30.2 Å². The van der Waals surface area contributed by atoms with Gasteiger partial charge in [0.2, 0.25) is 0 Å². The van der Waals surface area contributed by atoms with E-state index in [1.165, 1.54) is 12.3 Å². The summed E-state index contributed by atoms with van der Waals surface area (Å²) in [6.45, 7) is 1.05. The fourth-order valence-corrected chi connectivity index (χ4v) is 2.47. The molecule has 1 aromatic heterocycles. The van der Waals surface area contributed by atoms with Crippen molar-refractivity contribution in [1.82, 2.24) is 9.88 Å². The molecule has 2 heterocycles. The first kappa shape index (κ1) is 13.3. The molecule has 0 saturated heterocycles. The molecule has 0 fully saturated rings. The molecule has 0 radical (unpaired) electrons. The van der Waals surface area contributed by atoms with Gasteiger partial charge in [0.15, 0.2) is 0 Å². The Kier molecular flexibility index (Phi) is 3.39. The zero-order valence-corrected chi connectivity index (χ0v) is 11.3. The van der Waals surface area contributed by atoms with Crippen LogP contribution in [0.4, 0.5) is 0 Å². The fraction of sp³-hybridized carbons (Fsp3) is 0.188. The third kappa shape index (κ3) is 2.63. The van der Waals surface area contributed by atoms with Crippen molar-refractivity contribution in [2.45, 2.75) is 13.0 Å². The van der Waals surface area contributed by atoms with Crippen molar-refractivity contribution in [2.24, 2.45) is 0 Å². The Morgan fingerprint density at radius 3 is 2.76 bits per heavy atom. The second-order valence-electron chi connectivity index (χ2n) is 4.98. The number of hydrogen-bond donors (Lipinski definition) is 1. The van der Waals surface area contributed by atoms with E-state index >= 15 is 0 Å². The van der Waals surface area contributed by atoms with E-state index in [2.05, 4.69) is 4.98 Å². The second-order valence-corrected chi connectivity index (χ2v) is 4.98. The molecule has 0 spiro atoms. The molecular formula is C16H14N2O3. The molecule has 0 saturated carbocycles. The Balaban J connectivity index is 1.77. The third-order valence-electron chi connectivity index (χ3n) is 3.61. The summed E-state index contributed by atoms with van der Waals surface area (Å²) in [6, 6.07) is 10.8. The summed E-state index contributed by atoms with van der Waals surface area (Å²) in [5, 5.41) is 8.84. The minimum Gasteiger partial charge on any atom is -0.478 e. The number of carboxylic acid groups (broad SMARTS) is 1. The Labute approximate surface area is 121 Å². The predicted octanol–water partition coefficient (Wildman–Crippen LogP) is 1.98. The van der Waals surface area contributed by atoms with Crippen molar-refractivity contribution in [2.75, 3.05) is 6.54 Å². The number of aromatic carboxylic acids is 1. The van der Waals surface area contributed by atoms with Gasteiger partial charge < -0.3 is 10.0 Å². The highest BCUT2D eigenvalue weighted by Crippen LogP contribution is 2.19. The molecule has 0 atom stereocenters. The molecule has 1 aliphatic heterocycles. The smallest absolute Gasteiger partial charge is 0.337 e. The number of nitrogens with zero attached hydrogens (tertiary/aromatic N) is 2. The van der Waals surface area contributed by atoms with Gasteiger partial charge >= 0.3 is 5.97 Å². The molecule has 1 N–H and O–H groups in total. The van der Waals surface area contributed by atoms with Gasteiger partial charge in [0.05, 0.1) is 17.8 Å². The van der Waals surface area contributed by atoms with E-state index in [4.69, 9.17) is 5.11 Å². The first-order valence-corrected chi connectivity index (χ1v) is 6.70. The monoisotopic (exact) mass is 282 g/mol. The van der Waals surface area contributed by atoms with E-state index in [9.17, 15) is 9.59 Å². The molecular weight excluding hydrogens is 268 g/mol. The fourth-order valence-electron chi connectivity index (χ4n) is 2.47. The maximum atomic E-state index is 12.4. The van der Waals surface area contributed by atoms with Crippen LogP contribution in [0.5, 0.6) is 0 Å². The lowest BCUT2D eigenvalue weighted by Gasteiger charge is -2.28. The number of carbonyl (C=O) groups is 2. The number of carbonyl (C=O) groups excluding carboxylic acids is 1. The molecule has 0 unspecified atom stereocenters. The average molecular weight is 282 g/mol. The van der Waals surface area contributed by atoms with Gasteiger partial charge in [-0.2, -0.15) is 0 Å². The summed E-state index contributed by atoms with van der Waals surface area (Å²) in [7, 11) is 0. The standard InChI is InChI=1S/C16H14N2O3/c19-15-14-4-2-1-3-11(14)7-8-18(15)10-13-6-5-12(9-17-13)16(20)21/h1-6,9H,7-8,10H2,(H,20,21). The van der Waals surface area contributed by atoms with Crippen LogP contribution >= 0.6 is 0 Å². The number of fused-ring (bicyclic) bond motifs is 1. The highest BCUT2D eigenvalue weighted by Gasteiger charge is 2.24. The van der Waals surface area contributed by atoms with Crippen molar-refractivity contribution in [3.8, 4) is 0 Å². The first-order chi connectivity index (χ1) is 10.1. The second kappa shape index (κ2) is 5.36. The normalized spacial score (nSPS) is 13.9. The molecule has 0 aliphatic carbocycles. The molecule has 1 aliphatic rings. The van der Waals surface area contributed by atoms with Crippen molar-refractivity contribution in [1.29, 1.82) is 0 Å². The van der Waals surface area contributed by atoms with Gasteiger partial charge in [0.25, 0.3) is 5.91 Å². The Morgan fingerprint density at radius 2 is 2.05 bits per heavy atom. The van der Waals surface area contributed by atoms with Gasteiger partial charge in [0, 0.05) is 18.3 Å². The van der Waals surface area contributed by atoms with Crippen LogP contribution in [0, 0.1) is 0 Å². The number of pyridine rings is 1. The minimum absolute atomic E-state index is 0.000890. The van der Waals surface area contributed by atoms with E-state index in [1.54, 1.807) is 11.0 Å². The molecule has 3 rings (SSSR count). The Bertz CT molecular complexity index is 695. The van der Waals surface area contributed by atoms with Crippen molar-refractivity contribution >= 4 is 11.9 Å². The predicted molar refractivity (Wildman–Crippen MR) is 76.1 cm³/mol. The van der Waals surface area contributed by atoms with Crippen LogP contribution in [0.2, 0.25) is 0 Å². The quantitative estimate of drug-likeness (QED) is 0.934. The third-order valence-corrected chi connectivity index (χ3v) is 3.61. The number of aromatic nitrogens is 1. The van der Waals surface area contributed by atoms with E-state index in [1.807, 2.05) is 24.3 Å². The molecule has 106 valence electrons. The van der Waals surface area contributed by atoms with Gasteiger partial charge in [-0.15, -0.1) is 0 Å². The summed E-state index contributed by atoms with van der Waals surface area (Å²) < 4.78 is 0. The highest BCUT2D eigenvalue weighted by molar-refractivity contribution is 5.96. The lowest BCUT2D eigenvalue weighted by Crippen LogP contribution is -2.37. The molecule has 21 heavy (non-hydrogen) atoms. The van der Waals surface area contributed by atoms with Gasteiger partial charge in [-0.25, -0.2) is 4.79 Å². The molecule has 1 aromatic carbocycles. The summed E-state index contributed by atoms with van der Waals surface area (Å²) >= 11 is 0. The first-order valence-electron chi connectivity index (χ1n) is 6.70. The van der Waals surface area contributed by atoms with Crippen LogP contribution < -0.4 is 0 Å². The lowest BCUT2D eigenvalue weighted by molar-refractivity contribution is 0.0691. The minimum atomic E-state index is -1.00. The zero-order valence-electron chi connectivity index (χ0n) is 11.3. The van der Waals surface area contributed by atoms with E-state index in [0.717, 1.165) is 17.5 Å². The van der Waals surface area contributed by atoms with Crippen molar-refractivity contribution in [3.63, 3.8) is 0 Å². The summed E-state index contributed by atoms with van der Waals surface area (Å²) in [4.78, 5) is 29.0. The Hall–Kier alpha value is -2.69. The number of hydrogen-bond acceptors (Lipinski definition) is 3. The average Bonchev–Trinajstić information content (AvgIpc) is 2.51. The van der Waals surface area contributed by atoms with Crippen LogP contribution in [0.25, 0.3) is 0 Å². The number of benzene rings is 1. The van der Waals surface area contributed by atoms with Crippen LogP contribution in [-0.4, -0.2) is 33.4 Å². The summed E-state index contributed by atoms with van der Waals surface area (Å²) in [5.41, 5.74) is 2.65. The highest BCUT2D eigenvalue weighted by atomic mass is 16.4. The van der Waals surface area contributed by atoms with Crippen LogP contribution in [0.15, 0.2) is 42.6 Å². The topological polar surface area (TPSA) is 70.5 Å². The maximum Gasteiger partial charge on any atom is 0.337 e. The van der Waals surface area contributed by atoms with E-state index < -0.39 is 5.97 Å². The Morgan fingerprint density at radius 1 is 1.24 bits per heavy atom. The SMILES string of the molecule is O=C(O)c1ccc(CN2CCc3ccccc3C2=O)nc1. The van der Waals surface area contributed by atoms with E-state index in [-0.39, 0.29) is 11.5 Å². The van der Waals surface area contributed by atoms with Crippen LogP contribution in [-0.2, 0) is 13.0 Å². The summed E-state index contributed by atoms with van der Waals surface area (Å²) in [5.74, 6) is -1.00. The van der Waals surface area contributed by atoms with Crippen molar-refractivity contribution < 1.29 is 14.7 Å². The van der Waals surface area contributed by atoms with Gasteiger partial charge in [-0.1, -0.05) is 18.2 Å². The van der Waals surface area contributed by atoms with E-state index in [0.29, 0.717) is 18.8 Å². The van der Waals surface area contributed by atoms with Crippen LogP contribution in [0.1, 0.15) is 32.0 Å². The number of amides is 1. The summed E-state index contributed by atoms with van der Waals surface area (Å²) in [6.07, 6.45) is 2.15. The number of rotatable bonds is 3. The molecule has 5 heteroatoms. The van der Waals surface area contributed by atoms with Crippen LogP contribution in [0.3, 0.4) is 0 Å². The van der Waals surface area contributed by atoms with Gasteiger partial charge in [-0.3, -0.25) is 9.78 Å². The van der Waals surface area contributed by atoms with Gasteiger partial charge in [0.1, 0.15) is 0 Å². The molecule has 2 aromatic rings. The maximum absolute atomic E-state index is 12.4. The lowest BCUT2D eigenvalue weighted by atomic mass is 9.99. The number of carboxylic acids is 1. The van der Waals surface area contributed by atoms with Crippen molar-refractivity contribution in [3.05, 3.63) is 65.0 Å².